The largest absolute Gasteiger partial charge is 0.497 e. The van der Waals surface area contributed by atoms with Crippen LogP contribution in [-0.2, 0) is 13.2 Å². The van der Waals surface area contributed by atoms with Gasteiger partial charge in [-0.3, -0.25) is 0 Å². The minimum Gasteiger partial charge on any atom is -0.497 e. The lowest BCUT2D eigenvalue weighted by molar-refractivity contribution is 0.304. The van der Waals surface area contributed by atoms with Crippen molar-refractivity contribution in [1.29, 1.82) is 0 Å². The summed E-state index contributed by atoms with van der Waals surface area (Å²) in [4.78, 5) is 4.57. The van der Waals surface area contributed by atoms with E-state index in [0.717, 1.165) is 35.2 Å². The Labute approximate surface area is 130 Å². The first kappa shape index (κ1) is 15.8. The van der Waals surface area contributed by atoms with Crippen molar-refractivity contribution in [3.8, 4) is 11.5 Å². The van der Waals surface area contributed by atoms with Gasteiger partial charge in [0.15, 0.2) is 0 Å². The number of nitrogens with one attached hydrogen (secondary N) is 1. The van der Waals surface area contributed by atoms with Gasteiger partial charge in [0.25, 0.3) is 0 Å². The summed E-state index contributed by atoms with van der Waals surface area (Å²) in [6.45, 7) is 5.67. The zero-order valence-corrected chi connectivity index (χ0v) is 13.6. The molecule has 0 aliphatic rings. The van der Waals surface area contributed by atoms with Crippen molar-refractivity contribution in [2.24, 2.45) is 0 Å². The molecule has 5 heteroatoms. The van der Waals surface area contributed by atoms with Crippen molar-refractivity contribution in [2.45, 2.75) is 39.5 Å². The number of methoxy groups -OCH3 is 1. The maximum absolute atomic E-state index is 5.72. The van der Waals surface area contributed by atoms with Crippen LogP contribution in [0.3, 0.4) is 0 Å². The summed E-state index contributed by atoms with van der Waals surface area (Å²) in [6, 6.07) is 8.10. The first-order valence-electron chi connectivity index (χ1n) is 7.14. The van der Waals surface area contributed by atoms with Crippen LogP contribution in [0.1, 0.15) is 31.0 Å². The molecule has 0 spiro atoms. The second kappa shape index (κ2) is 8.00. The molecule has 4 nitrogen and oxygen atoms in total. The molecule has 0 aliphatic heterocycles. The van der Waals surface area contributed by atoms with E-state index >= 15 is 0 Å². The summed E-state index contributed by atoms with van der Waals surface area (Å²) in [7, 11) is 1.65. The normalized spacial score (nSPS) is 12.1. The molecule has 0 saturated carbocycles. The molecule has 0 aliphatic carbocycles. The summed E-state index contributed by atoms with van der Waals surface area (Å²) in [5, 5.41) is 6.52. The molecule has 0 fully saturated rings. The smallest absolute Gasteiger partial charge is 0.140 e. The molecule has 1 heterocycles. The highest BCUT2D eigenvalue weighted by Gasteiger charge is 2.05. The predicted molar refractivity (Wildman–Crippen MR) is 86.0 cm³/mol. The lowest BCUT2D eigenvalue weighted by Crippen LogP contribution is -2.24. The molecular formula is C16H22N2O2S. The van der Waals surface area contributed by atoms with E-state index in [1.165, 1.54) is 0 Å². The van der Waals surface area contributed by atoms with Gasteiger partial charge in [-0.25, -0.2) is 4.98 Å². The van der Waals surface area contributed by atoms with E-state index in [2.05, 4.69) is 29.5 Å². The van der Waals surface area contributed by atoms with E-state index < -0.39 is 0 Å². The minimum atomic E-state index is 0.500. The van der Waals surface area contributed by atoms with Crippen molar-refractivity contribution < 1.29 is 9.47 Å². The van der Waals surface area contributed by atoms with Gasteiger partial charge in [0.05, 0.1) is 12.8 Å². The molecule has 1 N–H and O–H groups in total. The summed E-state index contributed by atoms with van der Waals surface area (Å²) < 4.78 is 10.8. The molecule has 0 radical (unpaired) electrons. The summed E-state index contributed by atoms with van der Waals surface area (Å²) in [6.07, 6.45) is 1.12. The Kier molecular flexibility index (Phi) is 6.02. The summed E-state index contributed by atoms with van der Waals surface area (Å²) >= 11 is 1.63. The third-order valence-corrected chi connectivity index (χ3v) is 4.14. The third-order valence-electron chi connectivity index (χ3n) is 3.27. The molecule has 0 bridgehead atoms. The standard InChI is InChI=1S/C16H22N2O2S/c1-4-12(2)17-9-13-11-21-16(18-13)10-20-15-7-5-14(19-3)6-8-15/h5-8,11-12,17H,4,9-10H2,1-3H3. The number of hydrogen-bond acceptors (Lipinski definition) is 5. The van der Waals surface area contributed by atoms with Gasteiger partial charge in [0.1, 0.15) is 23.1 Å². The molecular weight excluding hydrogens is 284 g/mol. The van der Waals surface area contributed by atoms with Crippen molar-refractivity contribution in [3.63, 3.8) is 0 Å². The van der Waals surface area contributed by atoms with Gasteiger partial charge in [0.2, 0.25) is 0 Å². The van der Waals surface area contributed by atoms with Crippen LogP contribution in [0.5, 0.6) is 11.5 Å². The van der Waals surface area contributed by atoms with Gasteiger partial charge >= 0.3 is 0 Å². The first-order chi connectivity index (χ1) is 10.2. The molecule has 0 saturated heterocycles. The molecule has 1 atom stereocenters. The zero-order chi connectivity index (χ0) is 15.1. The maximum Gasteiger partial charge on any atom is 0.140 e. The van der Waals surface area contributed by atoms with E-state index in [1.54, 1.807) is 18.4 Å². The zero-order valence-electron chi connectivity index (χ0n) is 12.8. The average Bonchev–Trinajstić information content (AvgIpc) is 2.99. The number of aromatic nitrogens is 1. The lowest BCUT2D eigenvalue weighted by Gasteiger charge is -2.09. The summed E-state index contributed by atoms with van der Waals surface area (Å²) in [5.41, 5.74) is 1.08. The van der Waals surface area contributed by atoms with Crippen LogP contribution < -0.4 is 14.8 Å². The minimum absolute atomic E-state index is 0.500. The SMILES string of the molecule is CCC(C)NCc1csc(COc2ccc(OC)cc2)n1. The predicted octanol–water partition coefficient (Wildman–Crippen LogP) is 3.62. The number of nitrogens with zero attached hydrogens (tertiary/aromatic N) is 1. The molecule has 1 aromatic carbocycles. The Morgan fingerprint density at radius 3 is 2.62 bits per heavy atom. The van der Waals surface area contributed by atoms with Crippen LogP contribution in [0.4, 0.5) is 0 Å². The van der Waals surface area contributed by atoms with E-state index in [9.17, 15) is 0 Å². The van der Waals surface area contributed by atoms with Gasteiger partial charge < -0.3 is 14.8 Å². The van der Waals surface area contributed by atoms with Crippen LogP contribution in [0.15, 0.2) is 29.6 Å². The van der Waals surface area contributed by atoms with Gasteiger partial charge in [-0.1, -0.05) is 6.92 Å². The average molecular weight is 306 g/mol. The Morgan fingerprint density at radius 1 is 1.24 bits per heavy atom. The molecule has 0 amide bonds. The van der Waals surface area contributed by atoms with Crippen molar-refractivity contribution in [1.82, 2.24) is 10.3 Å². The Hall–Kier alpha value is -1.59. The Morgan fingerprint density at radius 2 is 1.95 bits per heavy atom. The lowest BCUT2D eigenvalue weighted by atomic mass is 10.2. The molecule has 1 unspecified atom stereocenters. The number of hydrogen-bond donors (Lipinski definition) is 1. The first-order valence-corrected chi connectivity index (χ1v) is 8.02. The fraction of sp³-hybridized carbons (Fsp3) is 0.438. The fourth-order valence-electron chi connectivity index (χ4n) is 1.74. The molecule has 114 valence electrons. The second-order valence-corrected chi connectivity index (χ2v) is 5.83. The summed E-state index contributed by atoms with van der Waals surface area (Å²) in [5.74, 6) is 1.65. The number of thiazole rings is 1. The monoisotopic (exact) mass is 306 g/mol. The fourth-order valence-corrected chi connectivity index (χ4v) is 2.44. The van der Waals surface area contributed by atoms with Gasteiger partial charge in [-0.15, -0.1) is 11.3 Å². The van der Waals surface area contributed by atoms with Crippen molar-refractivity contribution >= 4 is 11.3 Å². The van der Waals surface area contributed by atoms with E-state index in [-0.39, 0.29) is 0 Å². The Balaban J connectivity index is 1.81. The van der Waals surface area contributed by atoms with E-state index in [0.29, 0.717) is 12.6 Å². The van der Waals surface area contributed by atoms with Crippen molar-refractivity contribution in [2.75, 3.05) is 7.11 Å². The topological polar surface area (TPSA) is 43.4 Å². The second-order valence-electron chi connectivity index (χ2n) is 4.89. The van der Waals surface area contributed by atoms with Gasteiger partial charge in [-0.2, -0.15) is 0 Å². The van der Waals surface area contributed by atoms with Gasteiger partial charge in [0, 0.05) is 18.0 Å². The van der Waals surface area contributed by atoms with Crippen LogP contribution in [0.25, 0.3) is 0 Å². The van der Waals surface area contributed by atoms with Crippen LogP contribution in [0.2, 0.25) is 0 Å². The molecule has 1 aromatic heterocycles. The van der Waals surface area contributed by atoms with Crippen LogP contribution >= 0.6 is 11.3 Å². The third kappa shape index (κ3) is 5.02. The number of rotatable bonds is 8. The molecule has 2 aromatic rings. The molecule has 2 rings (SSSR count). The Bertz CT molecular complexity index is 539. The highest BCUT2D eigenvalue weighted by atomic mass is 32.1. The highest BCUT2D eigenvalue weighted by Crippen LogP contribution is 2.19. The van der Waals surface area contributed by atoms with E-state index in [4.69, 9.17) is 9.47 Å². The maximum atomic E-state index is 5.72. The van der Waals surface area contributed by atoms with Crippen LogP contribution in [-0.4, -0.2) is 18.1 Å². The number of ether oxygens (including phenoxy) is 2. The molecule has 21 heavy (non-hydrogen) atoms. The van der Waals surface area contributed by atoms with Crippen molar-refractivity contribution in [3.05, 3.63) is 40.3 Å². The number of benzene rings is 1. The van der Waals surface area contributed by atoms with Crippen LogP contribution in [0, 0.1) is 0 Å². The highest BCUT2D eigenvalue weighted by molar-refractivity contribution is 7.09. The van der Waals surface area contributed by atoms with E-state index in [1.807, 2.05) is 24.3 Å². The van der Waals surface area contributed by atoms with Gasteiger partial charge in [-0.05, 0) is 37.6 Å². The quantitative estimate of drug-likeness (QED) is 0.809.